The molecule has 1 aliphatic carbocycles. The Bertz CT molecular complexity index is 503. The predicted molar refractivity (Wildman–Crippen MR) is 65.8 cm³/mol. The van der Waals surface area contributed by atoms with Gasteiger partial charge in [0, 0.05) is 19.5 Å². The summed E-state index contributed by atoms with van der Waals surface area (Å²) in [7, 11) is -2.09. The number of rotatable bonds is 5. The van der Waals surface area contributed by atoms with Crippen LogP contribution >= 0.6 is 23.2 Å². The molecule has 96 valence electrons. The van der Waals surface area contributed by atoms with Gasteiger partial charge in [-0.15, -0.1) is 11.6 Å². The Morgan fingerprint density at radius 2 is 2.24 bits per heavy atom. The summed E-state index contributed by atoms with van der Waals surface area (Å²) in [6.45, 7) is 0.348. The molecule has 0 radical (unpaired) electrons. The highest BCUT2D eigenvalue weighted by atomic mass is 35.5. The van der Waals surface area contributed by atoms with Crippen molar-refractivity contribution in [2.45, 2.75) is 17.9 Å². The standard InChI is InChI=1S/C9H13Cl2N3O2S/c1-14-8(7(11)4-12-14)17(15,16)13-6-9(5-10)2-3-9/h4,13H,2-3,5-6H2,1H3. The van der Waals surface area contributed by atoms with Crippen molar-refractivity contribution >= 4 is 33.2 Å². The van der Waals surface area contributed by atoms with E-state index >= 15 is 0 Å². The number of nitrogens with zero attached hydrogens (tertiary/aromatic N) is 2. The van der Waals surface area contributed by atoms with Crippen LogP contribution in [0.5, 0.6) is 0 Å². The lowest BCUT2D eigenvalue weighted by atomic mass is 10.1. The molecule has 1 aliphatic rings. The van der Waals surface area contributed by atoms with Gasteiger partial charge in [-0.25, -0.2) is 13.1 Å². The molecule has 0 atom stereocenters. The van der Waals surface area contributed by atoms with E-state index in [1.54, 1.807) is 0 Å². The van der Waals surface area contributed by atoms with Crippen molar-refractivity contribution < 1.29 is 8.42 Å². The lowest BCUT2D eigenvalue weighted by Crippen LogP contribution is -2.32. The van der Waals surface area contributed by atoms with E-state index in [0.29, 0.717) is 12.4 Å². The summed E-state index contributed by atoms with van der Waals surface area (Å²) in [5, 5.41) is 3.91. The van der Waals surface area contributed by atoms with Crippen molar-refractivity contribution in [3.63, 3.8) is 0 Å². The van der Waals surface area contributed by atoms with Crippen molar-refractivity contribution in [3.05, 3.63) is 11.2 Å². The lowest BCUT2D eigenvalue weighted by molar-refractivity contribution is 0.525. The number of halogens is 2. The van der Waals surface area contributed by atoms with Crippen LogP contribution in [0.3, 0.4) is 0 Å². The Balaban J connectivity index is 2.15. The van der Waals surface area contributed by atoms with Crippen LogP contribution in [0.25, 0.3) is 0 Å². The van der Waals surface area contributed by atoms with Gasteiger partial charge in [0.15, 0.2) is 5.03 Å². The van der Waals surface area contributed by atoms with Crippen molar-refractivity contribution in [1.29, 1.82) is 0 Å². The van der Waals surface area contributed by atoms with Crippen LogP contribution in [-0.4, -0.2) is 30.6 Å². The summed E-state index contributed by atoms with van der Waals surface area (Å²) in [6.07, 6.45) is 3.22. The number of hydrogen-bond donors (Lipinski definition) is 1. The Hall–Kier alpha value is -0.300. The minimum atomic E-state index is -3.62. The number of alkyl halides is 1. The van der Waals surface area contributed by atoms with E-state index in [4.69, 9.17) is 23.2 Å². The molecule has 1 fully saturated rings. The van der Waals surface area contributed by atoms with Gasteiger partial charge in [-0.1, -0.05) is 11.6 Å². The highest BCUT2D eigenvalue weighted by molar-refractivity contribution is 7.89. The lowest BCUT2D eigenvalue weighted by Gasteiger charge is -2.13. The molecule has 0 aromatic carbocycles. The SMILES string of the molecule is Cn1ncc(Cl)c1S(=O)(=O)NCC1(CCl)CC1. The Kier molecular flexibility index (Phi) is 3.42. The Labute approximate surface area is 110 Å². The van der Waals surface area contributed by atoms with Crippen molar-refractivity contribution in [1.82, 2.24) is 14.5 Å². The molecule has 1 aromatic heterocycles. The number of sulfonamides is 1. The smallest absolute Gasteiger partial charge is 0.255 e. The maximum Gasteiger partial charge on any atom is 0.259 e. The summed E-state index contributed by atoms with van der Waals surface area (Å²) in [5.41, 5.74) is -0.0697. The third kappa shape index (κ3) is 2.59. The molecule has 0 saturated heterocycles. The van der Waals surface area contributed by atoms with Crippen LogP contribution < -0.4 is 4.72 Å². The molecule has 1 saturated carbocycles. The normalized spacial score (nSPS) is 18.3. The zero-order valence-corrected chi connectivity index (χ0v) is 11.6. The van der Waals surface area contributed by atoms with E-state index < -0.39 is 10.0 Å². The average molecular weight is 298 g/mol. The van der Waals surface area contributed by atoms with E-state index in [9.17, 15) is 8.42 Å². The fourth-order valence-electron chi connectivity index (χ4n) is 1.55. The van der Waals surface area contributed by atoms with E-state index in [2.05, 4.69) is 9.82 Å². The van der Waals surface area contributed by atoms with Crippen molar-refractivity contribution in [3.8, 4) is 0 Å². The first-order valence-electron chi connectivity index (χ1n) is 5.13. The Morgan fingerprint density at radius 3 is 2.65 bits per heavy atom. The number of aromatic nitrogens is 2. The van der Waals surface area contributed by atoms with Crippen LogP contribution in [0.4, 0.5) is 0 Å². The first-order valence-corrected chi connectivity index (χ1v) is 7.53. The molecule has 1 aromatic rings. The van der Waals surface area contributed by atoms with Crippen LogP contribution in [0.15, 0.2) is 11.2 Å². The van der Waals surface area contributed by atoms with Gasteiger partial charge in [0.1, 0.15) is 0 Å². The van der Waals surface area contributed by atoms with Gasteiger partial charge in [0.2, 0.25) is 0 Å². The van der Waals surface area contributed by atoms with E-state index in [0.717, 1.165) is 12.8 Å². The van der Waals surface area contributed by atoms with Gasteiger partial charge in [-0.3, -0.25) is 4.68 Å². The quantitative estimate of drug-likeness (QED) is 0.835. The van der Waals surface area contributed by atoms with Gasteiger partial charge in [-0.2, -0.15) is 5.10 Å². The van der Waals surface area contributed by atoms with Crippen molar-refractivity contribution in [2.24, 2.45) is 12.5 Å². The average Bonchev–Trinajstić information content (AvgIpc) is 2.97. The third-order valence-corrected chi connectivity index (χ3v) is 5.45. The second-order valence-electron chi connectivity index (χ2n) is 4.38. The first kappa shape index (κ1) is 13.1. The number of nitrogens with one attached hydrogen (secondary N) is 1. The van der Waals surface area contributed by atoms with Gasteiger partial charge in [0.05, 0.1) is 11.2 Å². The van der Waals surface area contributed by atoms with E-state index in [-0.39, 0.29) is 15.5 Å². The number of hydrogen-bond acceptors (Lipinski definition) is 3. The molecule has 0 unspecified atom stereocenters. The van der Waals surface area contributed by atoms with Crippen LogP contribution in [0, 0.1) is 5.41 Å². The molecule has 5 nitrogen and oxygen atoms in total. The maximum atomic E-state index is 12.0. The minimum absolute atomic E-state index is 0.00969. The summed E-state index contributed by atoms with van der Waals surface area (Å²) in [4.78, 5) is 0. The van der Waals surface area contributed by atoms with Gasteiger partial charge in [0.25, 0.3) is 10.0 Å². The van der Waals surface area contributed by atoms with E-state index in [1.807, 2.05) is 0 Å². The third-order valence-electron chi connectivity index (χ3n) is 2.97. The highest BCUT2D eigenvalue weighted by Gasteiger charge is 2.42. The highest BCUT2D eigenvalue weighted by Crippen LogP contribution is 2.46. The second kappa shape index (κ2) is 4.42. The largest absolute Gasteiger partial charge is 0.259 e. The van der Waals surface area contributed by atoms with Gasteiger partial charge in [-0.05, 0) is 18.3 Å². The number of aryl methyl sites for hydroxylation is 1. The predicted octanol–water partition coefficient (Wildman–Crippen LogP) is 1.37. The molecule has 1 heterocycles. The van der Waals surface area contributed by atoms with Gasteiger partial charge < -0.3 is 0 Å². The fraction of sp³-hybridized carbons (Fsp3) is 0.667. The molecular formula is C9H13Cl2N3O2S. The summed E-state index contributed by atoms with van der Waals surface area (Å²) >= 11 is 11.6. The maximum absolute atomic E-state index is 12.0. The van der Waals surface area contributed by atoms with E-state index in [1.165, 1.54) is 17.9 Å². The molecule has 8 heteroatoms. The molecule has 17 heavy (non-hydrogen) atoms. The molecule has 0 amide bonds. The topological polar surface area (TPSA) is 64.0 Å². The van der Waals surface area contributed by atoms with Crippen LogP contribution in [0.2, 0.25) is 5.02 Å². The van der Waals surface area contributed by atoms with Crippen LogP contribution in [-0.2, 0) is 17.1 Å². The second-order valence-corrected chi connectivity index (χ2v) is 6.74. The van der Waals surface area contributed by atoms with Crippen molar-refractivity contribution in [2.75, 3.05) is 12.4 Å². The zero-order valence-electron chi connectivity index (χ0n) is 9.28. The molecular weight excluding hydrogens is 285 g/mol. The first-order chi connectivity index (χ1) is 7.90. The fourth-order valence-corrected chi connectivity index (χ4v) is 3.72. The molecule has 0 spiro atoms. The minimum Gasteiger partial charge on any atom is -0.255 e. The molecule has 0 bridgehead atoms. The summed E-state index contributed by atoms with van der Waals surface area (Å²) in [6, 6.07) is 0. The Morgan fingerprint density at radius 1 is 1.59 bits per heavy atom. The van der Waals surface area contributed by atoms with Crippen LogP contribution in [0.1, 0.15) is 12.8 Å². The summed E-state index contributed by atoms with van der Waals surface area (Å²) in [5.74, 6) is 0.467. The summed E-state index contributed by atoms with van der Waals surface area (Å²) < 4.78 is 27.8. The monoisotopic (exact) mass is 297 g/mol. The zero-order chi connectivity index (χ0) is 12.7. The molecule has 1 N–H and O–H groups in total. The molecule has 0 aliphatic heterocycles. The van der Waals surface area contributed by atoms with Gasteiger partial charge >= 0.3 is 0 Å². The molecule has 2 rings (SSSR count).